The van der Waals surface area contributed by atoms with E-state index in [0.29, 0.717) is 29.0 Å². The highest BCUT2D eigenvalue weighted by molar-refractivity contribution is 6.31. The van der Waals surface area contributed by atoms with Crippen LogP contribution in [-0.4, -0.2) is 77.5 Å². The van der Waals surface area contributed by atoms with Crippen molar-refractivity contribution in [3.8, 4) is 0 Å². The Morgan fingerprint density at radius 3 is 1.75 bits per heavy atom. The predicted octanol–water partition coefficient (Wildman–Crippen LogP) is 2.59. The largest absolute Gasteiger partial charge is 0.390 e. The highest BCUT2D eigenvalue weighted by atomic mass is 35.5. The van der Waals surface area contributed by atoms with Gasteiger partial charge in [0.05, 0.1) is 29.2 Å². The van der Waals surface area contributed by atoms with E-state index < -0.39 is 12.2 Å². The lowest BCUT2D eigenvalue weighted by Crippen LogP contribution is -2.36. The average molecular weight is 460 g/mol. The smallest absolute Gasteiger partial charge is 0.196 e. The Morgan fingerprint density at radius 2 is 1.31 bits per heavy atom. The molecular weight excluding hydrogens is 430 g/mol. The summed E-state index contributed by atoms with van der Waals surface area (Å²) in [5, 5.41) is 26.5. The minimum atomic E-state index is -0.790. The van der Waals surface area contributed by atoms with E-state index in [4.69, 9.17) is 11.6 Å². The number of anilines is 2. The van der Waals surface area contributed by atoms with E-state index in [2.05, 4.69) is 15.5 Å². The zero-order chi connectivity index (χ0) is 23.3. The summed E-state index contributed by atoms with van der Waals surface area (Å²) in [6.45, 7) is 6.64. The number of carbonyl (C=O) groups is 2. The summed E-state index contributed by atoms with van der Waals surface area (Å²) in [4.78, 5) is 28.8. The van der Waals surface area contributed by atoms with E-state index in [-0.39, 0.29) is 41.7 Å². The average Bonchev–Trinajstić information content (AvgIpc) is 2.82. The second-order valence-electron chi connectivity index (χ2n) is 7.82. The summed E-state index contributed by atoms with van der Waals surface area (Å²) >= 11 is 5.69. The van der Waals surface area contributed by atoms with Crippen LogP contribution in [0.4, 0.5) is 11.4 Å². The molecule has 0 saturated heterocycles. The number of benzene rings is 2. The molecule has 0 bridgehead atoms. The molecule has 0 fully saturated rings. The van der Waals surface area contributed by atoms with Gasteiger partial charge in [-0.05, 0) is 25.2 Å². The number of carbonyl (C=O) groups excluding carboxylic acids is 2. The van der Waals surface area contributed by atoms with Crippen LogP contribution in [0.5, 0.6) is 0 Å². The molecule has 32 heavy (non-hydrogen) atoms. The number of hydrogen-bond acceptors (Lipinski definition) is 7. The van der Waals surface area contributed by atoms with Crippen molar-refractivity contribution in [1.82, 2.24) is 4.90 Å². The number of ketones is 2. The molecule has 3 rings (SSSR count). The van der Waals surface area contributed by atoms with Gasteiger partial charge >= 0.3 is 0 Å². The monoisotopic (exact) mass is 459 g/mol. The lowest BCUT2D eigenvalue weighted by molar-refractivity contribution is 0.0980. The van der Waals surface area contributed by atoms with Gasteiger partial charge in [0.25, 0.3) is 0 Å². The third kappa shape index (κ3) is 5.13. The van der Waals surface area contributed by atoms with Gasteiger partial charge in [-0.1, -0.05) is 38.1 Å². The summed E-state index contributed by atoms with van der Waals surface area (Å²) in [7, 11) is 0. The zero-order valence-corrected chi connectivity index (χ0v) is 19.2. The van der Waals surface area contributed by atoms with E-state index in [9.17, 15) is 19.8 Å². The first-order valence-electron chi connectivity index (χ1n) is 10.9. The van der Waals surface area contributed by atoms with Crippen molar-refractivity contribution in [2.75, 3.05) is 49.2 Å². The van der Waals surface area contributed by atoms with Crippen LogP contribution >= 0.6 is 11.6 Å². The van der Waals surface area contributed by atoms with Crippen LogP contribution in [-0.2, 0) is 0 Å². The van der Waals surface area contributed by atoms with Crippen LogP contribution in [0.2, 0.25) is 0 Å². The number of aliphatic hydroxyl groups is 2. The Labute approximate surface area is 193 Å². The highest BCUT2D eigenvalue weighted by Gasteiger charge is 2.34. The van der Waals surface area contributed by atoms with Crippen LogP contribution in [0.3, 0.4) is 0 Å². The lowest BCUT2D eigenvalue weighted by atomic mass is 9.82. The molecule has 2 unspecified atom stereocenters. The van der Waals surface area contributed by atoms with Gasteiger partial charge in [-0.25, -0.2) is 0 Å². The van der Waals surface area contributed by atoms with Gasteiger partial charge in [-0.3, -0.25) is 9.59 Å². The second kappa shape index (κ2) is 10.9. The molecule has 0 radical (unpaired) electrons. The van der Waals surface area contributed by atoms with E-state index in [1.807, 2.05) is 13.8 Å². The van der Waals surface area contributed by atoms with Crippen molar-refractivity contribution >= 4 is 34.5 Å². The van der Waals surface area contributed by atoms with Gasteiger partial charge in [-0.15, -0.1) is 11.6 Å². The Bertz CT molecular complexity index is 978. The Morgan fingerprint density at radius 1 is 0.844 bits per heavy atom. The summed E-state index contributed by atoms with van der Waals surface area (Å²) in [5.74, 6) is -0.461. The molecule has 0 spiro atoms. The molecule has 2 aromatic rings. The summed E-state index contributed by atoms with van der Waals surface area (Å²) in [6.07, 6.45) is -1.43. The highest BCUT2D eigenvalue weighted by Crippen LogP contribution is 2.36. The standard InChI is InChI=1S/C24H30ClN3O4/c1-3-28(4-2)14-16(30)13-27-20-10-9-19(26-12-15(29)11-25)21-22(20)24(32)18-8-6-5-7-17(18)23(21)31/h5-10,15-16,26-27,29-30H,3-4,11-14H2,1-2H3. The predicted molar refractivity (Wildman–Crippen MR) is 127 cm³/mol. The van der Waals surface area contributed by atoms with Crippen LogP contribution in [0.15, 0.2) is 36.4 Å². The number of alkyl halides is 1. The van der Waals surface area contributed by atoms with Crippen molar-refractivity contribution in [1.29, 1.82) is 0 Å². The van der Waals surface area contributed by atoms with E-state index in [0.717, 1.165) is 13.1 Å². The van der Waals surface area contributed by atoms with Crippen molar-refractivity contribution in [3.63, 3.8) is 0 Å². The summed E-state index contributed by atoms with van der Waals surface area (Å²) in [6, 6.07) is 10.2. The minimum Gasteiger partial charge on any atom is -0.390 e. The van der Waals surface area contributed by atoms with Gasteiger partial charge in [0, 0.05) is 42.1 Å². The Balaban J connectivity index is 1.94. The number of nitrogens with one attached hydrogen (secondary N) is 2. The van der Waals surface area contributed by atoms with E-state index >= 15 is 0 Å². The number of fused-ring (bicyclic) bond motifs is 2. The van der Waals surface area contributed by atoms with Crippen LogP contribution in [0.25, 0.3) is 0 Å². The molecule has 7 nitrogen and oxygen atoms in total. The first kappa shape index (κ1) is 24.2. The fourth-order valence-electron chi connectivity index (χ4n) is 3.87. The van der Waals surface area contributed by atoms with Crippen molar-refractivity contribution < 1.29 is 19.8 Å². The van der Waals surface area contributed by atoms with Crippen molar-refractivity contribution in [2.45, 2.75) is 26.1 Å². The van der Waals surface area contributed by atoms with Gasteiger partial charge < -0.3 is 25.7 Å². The minimum absolute atomic E-state index is 0.0506. The fraction of sp³-hybridized carbons (Fsp3) is 0.417. The van der Waals surface area contributed by atoms with E-state index in [1.165, 1.54) is 0 Å². The maximum Gasteiger partial charge on any atom is 0.196 e. The Kier molecular flexibility index (Phi) is 8.26. The zero-order valence-electron chi connectivity index (χ0n) is 18.4. The molecule has 4 N–H and O–H groups in total. The molecule has 8 heteroatoms. The SMILES string of the molecule is CCN(CC)CC(O)CNc1ccc(NCC(O)CCl)c2c1C(=O)c1ccccc1C2=O. The third-order valence-corrected chi connectivity index (χ3v) is 6.03. The normalized spacial score (nSPS) is 14.7. The van der Waals surface area contributed by atoms with Crippen LogP contribution in [0.1, 0.15) is 45.7 Å². The molecule has 0 aliphatic heterocycles. The number of likely N-dealkylation sites (N-methyl/N-ethyl adjacent to an activating group) is 1. The maximum absolute atomic E-state index is 13.4. The molecule has 0 aromatic heterocycles. The van der Waals surface area contributed by atoms with E-state index in [1.54, 1.807) is 36.4 Å². The Hall–Kier alpha value is -2.45. The van der Waals surface area contributed by atoms with Crippen molar-refractivity contribution in [2.24, 2.45) is 0 Å². The molecule has 0 heterocycles. The number of halogens is 1. The van der Waals surface area contributed by atoms with Gasteiger partial charge in [0.15, 0.2) is 11.6 Å². The molecule has 1 aliphatic carbocycles. The molecule has 0 amide bonds. The number of rotatable bonds is 11. The van der Waals surface area contributed by atoms with Gasteiger partial charge in [-0.2, -0.15) is 0 Å². The third-order valence-electron chi connectivity index (χ3n) is 5.67. The molecule has 1 aliphatic rings. The second-order valence-corrected chi connectivity index (χ2v) is 8.13. The maximum atomic E-state index is 13.4. The molecular formula is C24H30ClN3O4. The molecule has 0 saturated carbocycles. The first-order valence-corrected chi connectivity index (χ1v) is 11.4. The lowest BCUT2D eigenvalue weighted by Gasteiger charge is -2.26. The topological polar surface area (TPSA) is 102 Å². The molecule has 2 aromatic carbocycles. The first-order chi connectivity index (χ1) is 15.4. The number of aliphatic hydroxyl groups excluding tert-OH is 2. The number of nitrogens with zero attached hydrogens (tertiary/aromatic N) is 1. The van der Waals surface area contributed by atoms with Gasteiger partial charge in [0.1, 0.15) is 0 Å². The molecule has 2 atom stereocenters. The summed E-state index contributed by atoms with van der Waals surface area (Å²) in [5.41, 5.74) is 2.20. The number of hydrogen-bond donors (Lipinski definition) is 4. The van der Waals surface area contributed by atoms with Crippen LogP contribution < -0.4 is 10.6 Å². The molecule has 172 valence electrons. The van der Waals surface area contributed by atoms with Gasteiger partial charge in [0.2, 0.25) is 0 Å². The fourth-order valence-corrected chi connectivity index (χ4v) is 3.98. The summed E-state index contributed by atoms with van der Waals surface area (Å²) < 4.78 is 0. The van der Waals surface area contributed by atoms with Crippen molar-refractivity contribution in [3.05, 3.63) is 58.7 Å². The quantitative estimate of drug-likeness (QED) is 0.327. The van der Waals surface area contributed by atoms with Crippen LogP contribution in [0, 0.1) is 0 Å².